The Kier molecular flexibility index (Phi) is 3.25. The average Bonchev–Trinajstić information content (AvgIpc) is 2.94. The molecule has 2 fully saturated rings. The maximum absolute atomic E-state index is 12.2. The zero-order valence-electron chi connectivity index (χ0n) is 9.96. The molecule has 1 aromatic carbocycles. The Morgan fingerprint density at radius 1 is 1.22 bits per heavy atom. The normalized spacial score (nSPS) is 29.6. The van der Waals surface area contributed by atoms with Gasteiger partial charge in [0, 0.05) is 10.9 Å². The maximum Gasteiger partial charge on any atom is 0.227 e. The van der Waals surface area contributed by atoms with E-state index < -0.39 is 0 Å². The molecule has 1 N–H and O–H groups in total. The number of rotatable bonds is 2. The molecule has 18 heavy (non-hydrogen) atoms. The van der Waals surface area contributed by atoms with Crippen LogP contribution in [0.2, 0.25) is 10.0 Å². The van der Waals surface area contributed by atoms with Crippen molar-refractivity contribution in [3.8, 4) is 0 Å². The summed E-state index contributed by atoms with van der Waals surface area (Å²) in [6, 6.07) is 5.15. The van der Waals surface area contributed by atoms with Gasteiger partial charge in [-0.1, -0.05) is 29.6 Å². The molecule has 2 nitrogen and oxygen atoms in total. The van der Waals surface area contributed by atoms with E-state index in [1.165, 1.54) is 19.3 Å². The van der Waals surface area contributed by atoms with Gasteiger partial charge in [-0.3, -0.25) is 4.79 Å². The van der Waals surface area contributed by atoms with Crippen LogP contribution in [0.25, 0.3) is 0 Å². The molecule has 1 amide bonds. The number of nitrogens with one attached hydrogen (secondary N) is 1. The summed E-state index contributed by atoms with van der Waals surface area (Å²) in [6.07, 6.45) is 4.78. The van der Waals surface area contributed by atoms with Crippen molar-refractivity contribution in [3.63, 3.8) is 0 Å². The average molecular weight is 284 g/mol. The second-order valence-corrected chi connectivity index (χ2v) is 6.24. The van der Waals surface area contributed by atoms with Crippen molar-refractivity contribution in [3.05, 3.63) is 28.2 Å². The van der Waals surface area contributed by atoms with Crippen LogP contribution in [0.3, 0.4) is 0 Å². The molecule has 2 bridgehead atoms. The zero-order chi connectivity index (χ0) is 12.7. The fourth-order valence-electron chi connectivity index (χ4n) is 3.38. The van der Waals surface area contributed by atoms with E-state index in [1.54, 1.807) is 18.2 Å². The van der Waals surface area contributed by atoms with Crippen molar-refractivity contribution in [1.29, 1.82) is 0 Å². The smallest absolute Gasteiger partial charge is 0.227 e. The van der Waals surface area contributed by atoms with Gasteiger partial charge in [-0.25, -0.2) is 0 Å². The van der Waals surface area contributed by atoms with Gasteiger partial charge in [0.1, 0.15) is 0 Å². The Labute approximate surface area is 117 Å². The predicted molar refractivity (Wildman–Crippen MR) is 74.0 cm³/mol. The molecule has 2 aliphatic rings. The molecule has 4 heteroatoms. The molecule has 0 aliphatic heterocycles. The van der Waals surface area contributed by atoms with Gasteiger partial charge < -0.3 is 5.32 Å². The third kappa shape index (κ3) is 2.24. The van der Waals surface area contributed by atoms with E-state index in [0.717, 1.165) is 12.3 Å². The highest BCUT2D eigenvalue weighted by molar-refractivity contribution is 6.36. The number of carbonyl (C=O) groups excluding carboxylic acids is 1. The van der Waals surface area contributed by atoms with E-state index in [9.17, 15) is 4.79 Å². The number of halogens is 2. The Morgan fingerprint density at radius 2 is 2.06 bits per heavy atom. The van der Waals surface area contributed by atoms with Crippen LogP contribution in [0.15, 0.2) is 18.2 Å². The van der Waals surface area contributed by atoms with E-state index in [1.807, 2.05) is 0 Å². The van der Waals surface area contributed by atoms with Crippen LogP contribution in [0.1, 0.15) is 25.7 Å². The lowest BCUT2D eigenvalue weighted by atomic mass is 9.88. The van der Waals surface area contributed by atoms with Crippen molar-refractivity contribution in [2.45, 2.75) is 25.7 Å². The molecule has 0 aromatic heterocycles. The van der Waals surface area contributed by atoms with Gasteiger partial charge in [0.2, 0.25) is 5.91 Å². The SMILES string of the molecule is O=C(Nc1ccc(Cl)cc1Cl)[C@@H]1C[C@H]2CC[C@@H]1C2. The molecule has 2 aliphatic carbocycles. The largest absolute Gasteiger partial charge is 0.325 e. The fourth-order valence-corrected chi connectivity index (χ4v) is 3.84. The minimum Gasteiger partial charge on any atom is -0.325 e. The quantitative estimate of drug-likeness (QED) is 0.858. The summed E-state index contributed by atoms with van der Waals surface area (Å²) in [5, 5.41) is 4.02. The van der Waals surface area contributed by atoms with Crippen molar-refractivity contribution >= 4 is 34.8 Å². The van der Waals surface area contributed by atoms with Gasteiger partial charge in [-0.05, 0) is 49.3 Å². The van der Waals surface area contributed by atoms with Crippen LogP contribution in [0, 0.1) is 17.8 Å². The summed E-state index contributed by atoms with van der Waals surface area (Å²) in [6.45, 7) is 0. The van der Waals surface area contributed by atoms with Gasteiger partial charge in [0.05, 0.1) is 10.7 Å². The Morgan fingerprint density at radius 3 is 2.67 bits per heavy atom. The highest BCUT2D eigenvalue weighted by atomic mass is 35.5. The van der Waals surface area contributed by atoms with Gasteiger partial charge >= 0.3 is 0 Å². The number of carbonyl (C=O) groups is 1. The Bertz CT molecular complexity index is 489. The fraction of sp³-hybridized carbons (Fsp3) is 0.500. The van der Waals surface area contributed by atoms with Crippen LogP contribution in [-0.4, -0.2) is 5.91 Å². The summed E-state index contributed by atoms with van der Waals surface area (Å²) in [7, 11) is 0. The highest BCUT2D eigenvalue weighted by Crippen LogP contribution is 2.48. The van der Waals surface area contributed by atoms with Crippen LogP contribution < -0.4 is 5.32 Å². The molecule has 0 radical (unpaired) electrons. The molecule has 0 saturated heterocycles. The van der Waals surface area contributed by atoms with Crippen LogP contribution in [0.5, 0.6) is 0 Å². The highest BCUT2D eigenvalue weighted by Gasteiger charge is 2.43. The molecule has 0 heterocycles. The van der Waals surface area contributed by atoms with Crippen molar-refractivity contribution in [1.82, 2.24) is 0 Å². The van der Waals surface area contributed by atoms with E-state index in [2.05, 4.69) is 5.32 Å². The topological polar surface area (TPSA) is 29.1 Å². The molecule has 3 rings (SSSR count). The minimum atomic E-state index is 0.117. The van der Waals surface area contributed by atoms with E-state index in [0.29, 0.717) is 21.7 Å². The number of hydrogen-bond donors (Lipinski definition) is 1. The van der Waals surface area contributed by atoms with E-state index in [-0.39, 0.29) is 11.8 Å². The lowest BCUT2D eigenvalue weighted by molar-refractivity contribution is -0.121. The van der Waals surface area contributed by atoms with Gasteiger partial charge in [0.15, 0.2) is 0 Å². The first-order valence-corrected chi connectivity index (χ1v) is 7.15. The number of hydrogen-bond acceptors (Lipinski definition) is 1. The first-order valence-electron chi connectivity index (χ1n) is 6.39. The van der Waals surface area contributed by atoms with Crippen LogP contribution >= 0.6 is 23.2 Å². The molecular weight excluding hydrogens is 269 g/mol. The number of anilines is 1. The van der Waals surface area contributed by atoms with Crippen LogP contribution in [-0.2, 0) is 4.79 Å². The number of amides is 1. The molecule has 1 aromatic rings. The van der Waals surface area contributed by atoms with Gasteiger partial charge in [-0.15, -0.1) is 0 Å². The van der Waals surface area contributed by atoms with Crippen molar-refractivity contribution in [2.75, 3.05) is 5.32 Å². The van der Waals surface area contributed by atoms with Gasteiger partial charge in [-0.2, -0.15) is 0 Å². The molecule has 0 unspecified atom stereocenters. The predicted octanol–water partition coefficient (Wildman–Crippen LogP) is 4.37. The zero-order valence-corrected chi connectivity index (χ0v) is 11.5. The monoisotopic (exact) mass is 283 g/mol. The molecule has 96 valence electrons. The molecule has 3 atom stereocenters. The lowest BCUT2D eigenvalue weighted by Gasteiger charge is -2.21. The molecule has 2 saturated carbocycles. The van der Waals surface area contributed by atoms with Crippen molar-refractivity contribution < 1.29 is 4.79 Å². The Hall–Kier alpha value is -0.730. The van der Waals surface area contributed by atoms with E-state index >= 15 is 0 Å². The Balaban J connectivity index is 1.71. The number of benzene rings is 1. The van der Waals surface area contributed by atoms with Crippen molar-refractivity contribution in [2.24, 2.45) is 17.8 Å². The molecule has 0 spiro atoms. The number of fused-ring (bicyclic) bond motifs is 2. The van der Waals surface area contributed by atoms with E-state index in [4.69, 9.17) is 23.2 Å². The minimum absolute atomic E-state index is 0.117. The second kappa shape index (κ2) is 4.75. The summed E-state index contributed by atoms with van der Waals surface area (Å²) in [4.78, 5) is 12.2. The maximum atomic E-state index is 12.2. The molecular formula is C14H15Cl2NO. The third-order valence-corrected chi connectivity index (χ3v) is 4.81. The third-order valence-electron chi connectivity index (χ3n) is 4.26. The summed E-state index contributed by atoms with van der Waals surface area (Å²) >= 11 is 11.9. The first-order chi connectivity index (χ1) is 8.63. The summed E-state index contributed by atoms with van der Waals surface area (Å²) in [5.74, 6) is 1.65. The first kappa shape index (κ1) is 12.3. The second-order valence-electron chi connectivity index (χ2n) is 5.39. The summed E-state index contributed by atoms with van der Waals surface area (Å²) < 4.78 is 0. The standard InChI is InChI=1S/C14H15Cl2NO/c15-10-3-4-13(12(16)7-10)17-14(18)11-6-8-1-2-9(11)5-8/h3-4,7-9,11H,1-2,5-6H2,(H,17,18)/t8-,9+,11+/m0/s1. The van der Waals surface area contributed by atoms with Gasteiger partial charge in [0.25, 0.3) is 0 Å². The lowest BCUT2D eigenvalue weighted by Crippen LogP contribution is -2.27. The summed E-state index contributed by atoms with van der Waals surface area (Å²) in [5.41, 5.74) is 0.661. The van der Waals surface area contributed by atoms with Crippen LogP contribution in [0.4, 0.5) is 5.69 Å².